The van der Waals surface area contributed by atoms with Crippen LogP contribution in [0, 0.1) is 0 Å². The number of hydrogen-bond acceptors (Lipinski definition) is 4. The van der Waals surface area contributed by atoms with Crippen LogP contribution < -0.4 is 11.1 Å². The summed E-state index contributed by atoms with van der Waals surface area (Å²) in [5.41, 5.74) is 6.50. The van der Waals surface area contributed by atoms with E-state index in [0.29, 0.717) is 0 Å². The van der Waals surface area contributed by atoms with Crippen LogP contribution in [0.1, 0.15) is 32.4 Å². The summed E-state index contributed by atoms with van der Waals surface area (Å²) in [4.78, 5) is 11.8. The fourth-order valence-electron chi connectivity index (χ4n) is 1.79. The molecule has 1 aromatic rings. The minimum atomic E-state index is -3.71. The summed E-state index contributed by atoms with van der Waals surface area (Å²) in [5.74, 6) is -0.334. The van der Waals surface area contributed by atoms with E-state index in [2.05, 4.69) is 5.32 Å². The minimum Gasteiger partial charge on any atom is -0.353 e. The predicted octanol–water partition coefficient (Wildman–Crippen LogP) is 0.851. The van der Waals surface area contributed by atoms with Crippen LogP contribution in [0.2, 0.25) is 0 Å². The van der Waals surface area contributed by atoms with Crippen LogP contribution in [0.15, 0.2) is 29.2 Å². The van der Waals surface area contributed by atoms with Crippen molar-refractivity contribution >= 4 is 15.9 Å². The van der Waals surface area contributed by atoms with Gasteiger partial charge in [-0.15, -0.1) is 0 Å². The molecule has 0 fully saturated rings. The second kappa shape index (κ2) is 7.02. The van der Waals surface area contributed by atoms with Crippen LogP contribution in [0.5, 0.6) is 0 Å². The van der Waals surface area contributed by atoms with Crippen LogP contribution in [0.25, 0.3) is 0 Å². The molecule has 21 heavy (non-hydrogen) atoms. The lowest BCUT2D eigenvalue weighted by Gasteiger charge is -2.18. The van der Waals surface area contributed by atoms with E-state index < -0.39 is 10.0 Å². The molecule has 1 unspecified atom stereocenters. The molecule has 0 saturated heterocycles. The van der Waals surface area contributed by atoms with Crippen molar-refractivity contribution in [2.24, 2.45) is 5.73 Å². The fraction of sp³-hybridized carbons (Fsp3) is 0.500. The third-order valence-corrected chi connectivity index (χ3v) is 4.71. The average molecular weight is 313 g/mol. The van der Waals surface area contributed by atoms with Gasteiger partial charge in [-0.2, -0.15) is 4.31 Å². The van der Waals surface area contributed by atoms with Gasteiger partial charge in [0.1, 0.15) is 0 Å². The van der Waals surface area contributed by atoms with E-state index >= 15 is 0 Å². The topological polar surface area (TPSA) is 92.5 Å². The van der Waals surface area contributed by atoms with Gasteiger partial charge in [0.05, 0.1) is 11.4 Å². The highest BCUT2D eigenvalue weighted by Gasteiger charge is 2.23. The Bertz CT molecular complexity index is 597. The molecule has 0 bridgehead atoms. The first-order chi connectivity index (χ1) is 9.64. The van der Waals surface area contributed by atoms with Crippen molar-refractivity contribution in [2.75, 3.05) is 13.6 Å². The molecule has 7 heteroatoms. The Labute approximate surface area is 126 Å². The van der Waals surface area contributed by atoms with Crippen molar-refractivity contribution in [2.45, 2.75) is 37.8 Å². The zero-order valence-corrected chi connectivity index (χ0v) is 13.6. The molecule has 0 aliphatic carbocycles. The van der Waals surface area contributed by atoms with Gasteiger partial charge in [0, 0.05) is 19.1 Å². The second-order valence-electron chi connectivity index (χ2n) is 5.34. The van der Waals surface area contributed by atoms with Gasteiger partial charge in [0.15, 0.2) is 0 Å². The van der Waals surface area contributed by atoms with E-state index in [4.69, 9.17) is 5.73 Å². The Hall–Kier alpha value is -1.44. The monoisotopic (exact) mass is 313 g/mol. The molecule has 118 valence electrons. The number of hydrogen-bond donors (Lipinski definition) is 2. The van der Waals surface area contributed by atoms with E-state index in [0.717, 1.165) is 9.87 Å². The Morgan fingerprint density at radius 1 is 1.33 bits per heavy atom. The molecule has 3 N–H and O–H groups in total. The number of nitrogens with one attached hydrogen (secondary N) is 1. The molecule has 0 spiro atoms. The highest BCUT2D eigenvalue weighted by atomic mass is 32.2. The van der Waals surface area contributed by atoms with Gasteiger partial charge in [-0.3, -0.25) is 4.79 Å². The normalized spacial score (nSPS) is 13.5. The standard InChI is InChI=1S/C14H23N3O3S/c1-10(2)16-14(18)9-17(4)21(19,20)13-7-5-6-12(8-13)11(3)15/h5-8,10-11H,9,15H2,1-4H3,(H,16,18). The van der Waals surface area contributed by atoms with Gasteiger partial charge in [0.25, 0.3) is 0 Å². The molecule has 0 saturated carbocycles. The Kier molecular flexibility index (Phi) is 5.88. The maximum Gasteiger partial charge on any atom is 0.243 e. The molecule has 0 aromatic heterocycles. The molecule has 0 aliphatic heterocycles. The lowest BCUT2D eigenvalue weighted by molar-refractivity contribution is -0.121. The van der Waals surface area contributed by atoms with Crippen molar-refractivity contribution in [1.82, 2.24) is 9.62 Å². The highest BCUT2D eigenvalue weighted by molar-refractivity contribution is 7.89. The number of amides is 1. The Morgan fingerprint density at radius 3 is 2.48 bits per heavy atom. The number of nitrogens with zero attached hydrogens (tertiary/aromatic N) is 1. The zero-order chi connectivity index (χ0) is 16.2. The first kappa shape index (κ1) is 17.6. The summed E-state index contributed by atoms with van der Waals surface area (Å²) in [6, 6.07) is 6.17. The molecule has 1 atom stereocenters. The van der Waals surface area contributed by atoms with Gasteiger partial charge in [-0.1, -0.05) is 12.1 Å². The molecule has 1 amide bonds. The van der Waals surface area contributed by atoms with Crippen LogP contribution in [-0.2, 0) is 14.8 Å². The number of rotatable bonds is 6. The van der Waals surface area contributed by atoms with E-state index in [1.807, 2.05) is 13.8 Å². The molecule has 0 radical (unpaired) electrons. The number of sulfonamides is 1. The van der Waals surface area contributed by atoms with Crippen molar-refractivity contribution in [3.63, 3.8) is 0 Å². The van der Waals surface area contributed by atoms with Crippen molar-refractivity contribution in [3.05, 3.63) is 29.8 Å². The zero-order valence-electron chi connectivity index (χ0n) is 12.8. The molecule has 6 nitrogen and oxygen atoms in total. The van der Waals surface area contributed by atoms with Crippen LogP contribution in [-0.4, -0.2) is 38.3 Å². The van der Waals surface area contributed by atoms with Crippen molar-refractivity contribution in [3.8, 4) is 0 Å². The Morgan fingerprint density at radius 2 is 1.95 bits per heavy atom. The first-order valence-electron chi connectivity index (χ1n) is 6.76. The first-order valence-corrected chi connectivity index (χ1v) is 8.20. The third kappa shape index (κ3) is 4.80. The van der Waals surface area contributed by atoms with E-state index in [1.54, 1.807) is 19.1 Å². The van der Waals surface area contributed by atoms with Gasteiger partial charge in [-0.05, 0) is 38.5 Å². The summed E-state index contributed by atoms with van der Waals surface area (Å²) >= 11 is 0. The summed E-state index contributed by atoms with van der Waals surface area (Å²) in [7, 11) is -2.33. The summed E-state index contributed by atoms with van der Waals surface area (Å²) in [6.45, 7) is 5.20. The van der Waals surface area contributed by atoms with Gasteiger partial charge in [0.2, 0.25) is 15.9 Å². The molecule has 1 rings (SSSR count). The van der Waals surface area contributed by atoms with Crippen molar-refractivity contribution < 1.29 is 13.2 Å². The van der Waals surface area contributed by atoms with Crippen LogP contribution >= 0.6 is 0 Å². The SMILES string of the molecule is CC(C)NC(=O)CN(C)S(=O)(=O)c1cccc(C(C)N)c1. The average Bonchev–Trinajstić information content (AvgIpc) is 2.37. The smallest absolute Gasteiger partial charge is 0.243 e. The lowest BCUT2D eigenvalue weighted by atomic mass is 10.1. The van der Waals surface area contributed by atoms with Gasteiger partial charge < -0.3 is 11.1 Å². The maximum absolute atomic E-state index is 12.4. The number of benzene rings is 1. The third-order valence-electron chi connectivity index (χ3n) is 2.91. The summed E-state index contributed by atoms with van der Waals surface area (Å²) in [6.07, 6.45) is 0. The van der Waals surface area contributed by atoms with E-state index in [9.17, 15) is 13.2 Å². The van der Waals surface area contributed by atoms with Crippen LogP contribution in [0.4, 0.5) is 0 Å². The van der Waals surface area contributed by atoms with Gasteiger partial charge >= 0.3 is 0 Å². The molecule has 0 aliphatic rings. The van der Waals surface area contributed by atoms with Crippen molar-refractivity contribution in [1.29, 1.82) is 0 Å². The molecule has 1 aromatic carbocycles. The van der Waals surface area contributed by atoms with E-state index in [1.165, 1.54) is 19.2 Å². The molecular formula is C14H23N3O3S. The van der Waals surface area contributed by atoms with E-state index in [-0.39, 0.29) is 29.4 Å². The largest absolute Gasteiger partial charge is 0.353 e. The minimum absolute atomic E-state index is 0.0324. The molecular weight excluding hydrogens is 290 g/mol. The Balaban J connectivity index is 2.94. The fourth-order valence-corrected chi connectivity index (χ4v) is 2.98. The van der Waals surface area contributed by atoms with Crippen LogP contribution in [0.3, 0.4) is 0 Å². The number of likely N-dealkylation sites (N-methyl/N-ethyl adjacent to an activating group) is 1. The quantitative estimate of drug-likeness (QED) is 0.814. The predicted molar refractivity (Wildman–Crippen MR) is 82.1 cm³/mol. The number of nitrogens with two attached hydrogens (primary N) is 1. The second-order valence-corrected chi connectivity index (χ2v) is 7.39. The summed E-state index contributed by atoms with van der Waals surface area (Å²) < 4.78 is 25.9. The number of carbonyl (C=O) groups is 1. The molecule has 0 heterocycles. The number of carbonyl (C=O) groups excluding carboxylic acids is 1. The van der Waals surface area contributed by atoms with Gasteiger partial charge in [-0.25, -0.2) is 8.42 Å². The highest BCUT2D eigenvalue weighted by Crippen LogP contribution is 2.18. The summed E-state index contributed by atoms with van der Waals surface area (Å²) in [5, 5.41) is 2.66. The lowest BCUT2D eigenvalue weighted by Crippen LogP contribution is -2.40. The maximum atomic E-state index is 12.4.